The molecule has 0 amide bonds. The maximum Gasteiger partial charge on any atom is 0.195 e. The minimum atomic E-state index is 0.268. The molecule has 2 heterocycles. The second-order valence-electron chi connectivity index (χ2n) is 5.15. The molecule has 2 aromatic heterocycles. The second-order valence-corrected chi connectivity index (χ2v) is 6.91. The summed E-state index contributed by atoms with van der Waals surface area (Å²) in [5.74, 6) is 0.904. The molecule has 108 valence electrons. The van der Waals surface area contributed by atoms with E-state index in [1.54, 1.807) is 0 Å². The third-order valence-electron chi connectivity index (χ3n) is 3.47. The normalized spacial score (nSPS) is 12.5. The van der Waals surface area contributed by atoms with Crippen LogP contribution in [0.5, 0.6) is 0 Å². The molecule has 1 aromatic carbocycles. The summed E-state index contributed by atoms with van der Waals surface area (Å²) in [4.78, 5) is 2.72. The van der Waals surface area contributed by atoms with E-state index in [1.807, 2.05) is 29.5 Å². The number of aryl methyl sites for hydroxylation is 1. The smallest absolute Gasteiger partial charge is 0.195 e. The topological polar surface area (TPSA) is 33.6 Å². The molecule has 1 atom stereocenters. The highest BCUT2D eigenvalue weighted by Gasteiger charge is 2.15. The fourth-order valence-electron chi connectivity index (χ4n) is 2.48. The predicted octanol–water partition coefficient (Wildman–Crippen LogP) is 4.78. The quantitative estimate of drug-likeness (QED) is 0.703. The Morgan fingerprint density at radius 3 is 2.67 bits per heavy atom. The molecule has 3 aromatic rings. The molecule has 5 heteroatoms. The zero-order valence-electron chi connectivity index (χ0n) is 12.0. The van der Waals surface area contributed by atoms with Gasteiger partial charge in [-0.25, -0.2) is 0 Å². The first-order chi connectivity index (χ1) is 10.1. The third kappa shape index (κ3) is 2.99. The second kappa shape index (κ2) is 5.95. The van der Waals surface area contributed by atoms with E-state index in [1.165, 1.54) is 9.75 Å². The van der Waals surface area contributed by atoms with Crippen LogP contribution in [-0.4, -0.2) is 14.8 Å². The molecule has 1 N–H and O–H groups in total. The van der Waals surface area contributed by atoms with E-state index in [2.05, 4.69) is 52.9 Å². The van der Waals surface area contributed by atoms with Gasteiger partial charge in [0.2, 0.25) is 0 Å². The number of thiophene rings is 1. The lowest BCUT2D eigenvalue weighted by Crippen LogP contribution is -2.09. The first-order valence-corrected chi connectivity index (χ1v) is 8.15. The van der Waals surface area contributed by atoms with Crippen molar-refractivity contribution in [2.75, 3.05) is 0 Å². The number of nitrogens with one attached hydrogen (secondary N) is 1. The number of rotatable bonds is 4. The number of hydrogen-bond donors (Lipinski definition) is 1. The minimum Gasteiger partial charge on any atom is -0.297 e. The van der Waals surface area contributed by atoms with Crippen molar-refractivity contribution in [1.29, 1.82) is 0 Å². The summed E-state index contributed by atoms with van der Waals surface area (Å²) in [5.41, 5.74) is 1.08. The molecule has 3 nitrogen and oxygen atoms in total. The van der Waals surface area contributed by atoms with Crippen LogP contribution in [0.25, 0.3) is 11.4 Å². The molecule has 21 heavy (non-hydrogen) atoms. The van der Waals surface area contributed by atoms with Crippen LogP contribution in [0.1, 0.15) is 22.7 Å². The number of benzene rings is 1. The van der Waals surface area contributed by atoms with Crippen LogP contribution in [0, 0.1) is 11.7 Å². The summed E-state index contributed by atoms with van der Waals surface area (Å²) in [7, 11) is 0. The van der Waals surface area contributed by atoms with Gasteiger partial charge in [0.15, 0.2) is 10.6 Å². The van der Waals surface area contributed by atoms with Crippen molar-refractivity contribution in [3.8, 4) is 11.4 Å². The van der Waals surface area contributed by atoms with Gasteiger partial charge in [0.05, 0.1) is 0 Å². The van der Waals surface area contributed by atoms with E-state index in [0.717, 1.165) is 17.8 Å². The Balaban J connectivity index is 1.95. The summed E-state index contributed by atoms with van der Waals surface area (Å²) < 4.78 is 2.79. The summed E-state index contributed by atoms with van der Waals surface area (Å²) >= 11 is 7.26. The van der Waals surface area contributed by atoms with Gasteiger partial charge in [0.25, 0.3) is 0 Å². The predicted molar refractivity (Wildman–Crippen MR) is 90.3 cm³/mol. The SMILES string of the molecule is Cc1ccc(CC(C)n2c(-c3ccccc3)n[nH]c2=S)s1. The van der Waals surface area contributed by atoms with Gasteiger partial charge in [0, 0.05) is 27.8 Å². The Hall–Kier alpha value is -1.72. The first-order valence-electron chi connectivity index (χ1n) is 6.93. The Labute approximate surface area is 133 Å². The van der Waals surface area contributed by atoms with Crippen LogP contribution in [0.15, 0.2) is 42.5 Å². The van der Waals surface area contributed by atoms with E-state index in [-0.39, 0.29) is 6.04 Å². The fourth-order valence-corrected chi connectivity index (χ4v) is 3.80. The third-order valence-corrected chi connectivity index (χ3v) is 4.78. The van der Waals surface area contributed by atoms with Gasteiger partial charge in [0.1, 0.15) is 0 Å². The summed E-state index contributed by atoms with van der Waals surface area (Å²) in [6, 6.07) is 14.8. The lowest BCUT2D eigenvalue weighted by Gasteiger charge is -2.15. The van der Waals surface area contributed by atoms with Crippen molar-refractivity contribution in [2.45, 2.75) is 26.3 Å². The van der Waals surface area contributed by atoms with E-state index in [0.29, 0.717) is 4.77 Å². The average Bonchev–Trinajstić information content (AvgIpc) is 3.06. The van der Waals surface area contributed by atoms with Crippen LogP contribution < -0.4 is 0 Å². The minimum absolute atomic E-state index is 0.268. The fraction of sp³-hybridized carbons (Fsp3) is 0.250. The van der Waals surface area contributed by atoms with Crippen LogP contribution in [-0.2, 0) is 6.42 Å². The molecule has 0 radical (unpaired) electrons. The Morgan fingerprint density at radius 2 is 2.00 bits per heavy atom. The van der Waals surface area contributed by atoms with E-state index in [9.17, 15) is 0 Å². The number of hydrogen-bond acceptors (Lipinski definition) is 3. The number of aromatic amines is 1. The maximum atomic E-state index is 5.42. The zero-order chi connectivity index (χ0) is 14.8. The van der Waals surface area contributed by atoms with Crippen LogP contribution >= 0.6 is 23.6 Å². The Kier molecular flexibility index (Phi) is 4.03. The van der Waals surface area contributed by atoms with Gasteiger partial charge in [-0.1, -0.05) is 30.3 Å². The highest BCUT2D eigenvalue weighted by Crippen LogP contribution is 2.25. The van der Waals surface area contributed by atoms with E-state index >= 15 is 0 Å². The van der Waals surface area contributed by atoms with Gasteiger partial charge >= 0.3 is 0 Å². The lowest BCUT2D eigenvalue weighted by atomic mass is 10.1. The molecule has 0 aliphatic heterocycles. The number of H-pyrrole nitrogens is 1. The van der Waals surface area contributed by atoms with Crippen LogP contribution in [0.2, 0.25) is 0 Å². The highest BCUT2D eigenvalue weighted by atomic mass is 32.1. The van der Waals surface area contributed by atoms with E-state index in [4.69, 9.17) is 12.2 Å². The van der Waals surface area contributed by atoms with Gasteiger partial charge < -0.3 is 0 Å². The van der Waals surface area contributed by atoms with Gasteiger partial charge in [-0.15, -0.1) is 11.3 Å². The summed E-state index contributed by atoms with van der Waals surface area (Å²) in [5, 5.41) is 7.33. The largest absolute Gasteiger partial charge is 0.297 e. The number of aromatic nitrogens is 3. The van der Waals surface area contributed by atoms with E-state index < -0.39 is 0 Å². The standard InChI is InChI=1S/C16H17N3S2/c1-11(10-14-9-8-12(2)21-14)19-15(17-18-16(19)20)13-6-4-3-5-7-13/h3-9,11H,10H2,1-2H3,(H,18,20). The Morgan fingerprint density at radius 1 is 1.24 bits per heavy atom. The maximum absolute atomic E-state index is 5.42. The highest BCUT2D eigenvalue weighted by molar-refractivity contribution is 7.71. The lowest BCUT2D eigenvalue weighted by molar-refractivity contribution is 0.546. The van der Waals surface area contributed by atoms with Crippen LogP contribution in [0.3, 0.4) is 0 Å². The average molecular weight is 315 g/mol. The number of nitrogens with zero attached hydrogens (tertiary/aromatic N) is 2. The molecule has 0 aliphatic rings. The van der Waals surface area contributed by atoms with Gasteiger partial charge in [-0.2, -0.15) is 5.10 Å². The molecule has 1 unspecified atom stereocenters. The van der Waals surface area contributed by atoms with Crippen molar-refractivity contribution in [2.24, 2.45) is 0 Å². The first kappa shape index (κ1) is 14.2. The molecular weight excluding hydrogens is 298 g/mol. The summed E-state index contributed by atoms with van der Waals surface area (Å²) in [6.45, 7) is 4.32. The molecule has 0 spiro atoms. The monoisotopic (exact) mass is 315 g/mol. The molecule has 3 rings (SSSR count). The molecule has 0 bridgehead atoms. The van der Waals surface area contributed by atoms with Crippen molar-refractivity contribution in [1.82, 2.24) is 14.8 Å². The van der Waals surface area contributed by atoms with Crippen molar-refractivity contribution in [3.63, 3.8) is 0 Å². The van der Waals surface area contributed by atoms with Gasteiger partial charge in [-0.3, -0.25) is 9.67 Å². The summed E-state index contributed by atoms with van der Waals surface area (Å²) in [6.07, 6.45) is 0.964. The van der Waals surface area contributed by atoms with Crippen LogP contribution in [0.4, 0.5) is 0 Å². The van der Waals surface area contributed by atoms with Gasteiger partial charge in [-0.05, 0) is 38.2 Å². The molecule has 0 fully saturated rings. The molecule has 0 saturated carbocycles. The van der Waals surface area contributed by atoms with Crippen molar-refractivity contribution in [3.05, 3.63) is 57.0 Å². The zero-order valence-corrected chi connectivity index (χ0v) is 13.7. The van der Waals surface area contributed by atoms with Crippen molar-refractivity contribution < 1.29 is 0 Å². The molecule has 0 aliphatic carbocycles. The molecular formula is C16H17N3S2. The molecule has 0 saturated heterocycles. The Bertz CT molecular complexity index is 783. The van der Waals surface area contributed by atoms with Crippen molar-refractivity contribution >= 4 is 23.6 Å².